The zero-order valence-corrected chi connectivity index (χ0v) is 12.6. The Kier molecular flexibility index (Phi) is 3.29. The molecule has 3 nitrogen and oxygen atoms in total. The number of benzene rings is 1. The van der Waals surface area contributed by atoms with Crippen LogP contribution >= 0.6 is 27.5 Å². The highest BCUT2D eigenvalue weighted by Crippen LogP contribution is 2.25. The van der Waals surface area contributed by atoms with Crippen molar-refractivity contribution in [2.24, 2.45) is 0 Å². The zero-order chi connectivity index (χ0) is 13.4. The van der Waals surface area contributed by atoms with Crippen molar-refractivity contribution < 1.29 is 0 Å². The molecule has 5 heteroatoms. The largest absolute Gasteiger partial charge is 0.295 e. The Morgan fingerprint density at radius 1 is 1.32 bits per heavy atom. The maximum absolute atomic E-state index is 6.01. The maximum atomic E-state index is 6.01. The number of aromatic nitrogens is 3. The van der Waals surface area contributed by atoms with Gasteiger partial charge in [0, 0.05) is 16.4 Å². The summed E-state index contributed by atoms with van der Waals surface area (Å²) in [6.45, 7) is 2.06. The number of hydrogen-bond acceptors (Lipinski definition) is 2. The van der Waals surface area contributed by atoms with Crippen LogP contribution in [0.1, 0.15) is 11.4 Å². The average molecular weight is 337 g/mol. The third-order valence-electron chi connectivity index (χ3n) is 3.05. The first-order valence-electron chi connectivity index (χ1n) is 5.84. The number of pyridine rings is 1. The number of hydrogen-bond donors (Lipinski definition) is 0. The molecule has 0 saturated heterocycles. The van der Waals surface area contributed by atoms with Crippen molar-refractivity contribution in [2.75, 3.05) is 0 Å². The Bertz CT molecular complexity index is 752. The minimum absolute atomic E-state index is 0.365. The molecule has 0 saturated carbocycles. The summed E-state index contributed by atoms with van der Waals surface area (Å²) in [5.74, 6) is 1.19. The highest BCUT2D eigenvalue weighted by Gasteiger charge is 2.12. The van der Waals surface area contributed by atoms with Gasteiger partial charge in [-0.05, 0) is 36.8 Å². The normalized spacial score (nSPS) is 11.1. The second-order valence-corrected chi connectivity index (χ2v) is 5.42. The van der Waals surface area contributed by atoms with Crippen LogP contribution in [0.2, 0.25) is 0 Å². The van der Waals surface area contributed by atoms with Crippen molar-refractivity contribution in [1.29, 1.82) is 0 Å². The molecular weight excluding hydrogens is 326 g/mol. The summed E-state index contributed by atoms with van der Waals surface area (Å²) in [5.41, 5.74) is 4.12. The fourth-order valence-electron chi connectivity index (χ4n) is 2.13. The van der Waals surface area contributed by atoms with Gasteiger partial charge in [0.05, 0.1) is 17.6 Å². The molecule has 0 atom stereocenters. The van der Waals surface area contributed by atoms with Gasteiger partial charge in [0.15, 0.2) is 0 Å². The minimum atomic E-state index is 0.365. The van der Waals surface area contributed by atoms with E-state index in [4.69, 9.17) is 11.6 Å². The van der Waals surface area contributed by atoms with Gasteiger partial charge in [0.1, 0.15) is 11.3 Å². The first kappa shape index (κ1) is 12.6. The van der Waals surface area contributed by atoms with Gasteiger partial charge in [-0.2, -0.15) is 0 Å². The smallest absolute Gasteiger partial charge is 0.129 e. The molecule has 3 rings (SSSR count). The van der Waals surface area contributed by atoms with E-state index in [1.54, 1.807) is 12.4 Å². The summed E-state index contributed by atoms with van der Waals surface area (Å²) >= 11 is 9.53. The van der Waals surface area contributed by atoms with Crippen LogP contribution < -0.4 is 0 Å². The zero-order valence-electron chi connectivity index (χ0n) is 10.3. The lowest BCUT2D eigenvalue weighted by atomic mass is 10.2. The molecule has 3 aromatic rings. The summed E-state index contributed by atoms with van der Waals surface area (Å²) in [5, 5.41) is 0. The van der Waals surface area contributed by atoms with E-state index in [9.17, 15) is 0 Å². The lowest BCUT2D eigenvalue weighted by molar-refractivity contribution is 0.979. The lowest BCUT2D eigenvalue weighted by Crippen LogP contribution is -1.99. The van der Waals surface area contributed by atoms with E-state index in [2.05, 4.69) is 49.5 Å². The number of aryl methyl sites for hydroxylation is 1. The van der Waals surface area contributed by atoms with Gasteiger partial charge >= 0.3 is 0 Å². The summed E-state index contributed by atoms with van der Waals surface area (Å²) in [6.07, 6.45) is 3.53. The van der Waals surface area contributed by atoms with Gasteiger partial charge in [-0.15, -0.1) is 11.6 Å². The van der Waals surface area contributed by atoms with Gasteiger partial charge in [-0.25, -0.2) is 4.98 Å². The van der Waals surface area contributed by atoms with E-state index in [0.717, 1.165) is 27.0 Å². The van der Waals surface area contributed by atoms with Crippen LogP contribution in [-0.4, -0.2) is 14.5 Å². The van der Waals surface area contributed by atoms with E-state index in [1.807, 2.05) is 12.1 Å². The van der Waals surface area contributed by atoms with Crippen LogP contribution in [0.5, 0.6) is 0 Å². The van der Waals surface area contributed by atoms with Crippen LogP contribution in [0.3, 0.4) is 0 Å². The SMILES string of the molecule is Cc1cc(-n2c(CCl)nc3cnccc32)ccc1Br. The van der Waals surface area contributed by atoms with Gasteiger partial charge in [0.2, 0.25) is 0 Å². The Hall–Kier alpha value is -1.39. The third kappa shape index (κ3) is 2.15. The van der Waals surface area contributed by atoms with Crippen LogP contribution in [0.15, 0.2) is 41.1 Å². The topological polar surface area (TPSA) is 30.7 Å². The quantitative estimate of drug-likeness (QED) is 0.656. The van der Waals surface area contributed by atoms with E-state index < -0.39 is 0 Å². The summed E-state index contributed by atoms with van der Waals surface area (Å²) < 4.78 is 3.17. The number of imidazole rings is 1. The van der Waals surface area contributed by atoms with Crippen LogP contribution in [-0.2, 0) is 5.88 Å². The Labute approximate surface area is 124 Å². The second-order valence-electron chi connectivity index (χ2n) is 4.29. The molecule has 0 unspecified atom stereocenters. The van der Waals surface area contributed by atoms with E-state index in [-0.39, 0.29) is 0 Å². The average Bonchev–Trinajstić information content (AvgIpc) is 2.80. The van der Waals surface area contributed by atoms with E-state index in [0.29, 0.717) is 5.88 Å². The Morgan fingerprint density at radius 2 is 2.16 bits per heavy atom. The van der Waals surface area contributed by atoms with Gasteiger partial charge in [-0.1, -0.05) is 15.9 Å². The maximum Gasteiger partial charge on any atom is 0.129 e. The highest BCUT2D eigenvalue weighted by molar-refractivity contribution is 9.10. The first-order valence-corrected chi connectivity index (χ1v) is 7.17. The molecule has 96 valence electrons. The van der Waals surface area contributed by atoms with Crippen molar-refractivity contribution in [2.45, 2.75) is 12.8 Å². The predicted octanol–water partition coefficient (Wildman–Crippen LogP) is 4.23. The third-order valence-corrected chi connectivity index (χ3v) is 4.17. The van der Waals surface area contributed by atoms with Crippen LogP contribution in [0.25, 0.3) is 16.7 Å². The molecule has 19 heavy (non-hydrogen) atoms. The van der Waals surface area contributed by atoms with E-state index >= 15 is 0 Å². The summed E-state index contributed by atoms with van der Waals surface area (Å²) in [4.78, 5) is 8.62. The van der Waals surface area contributed by atoms with Crippen molar-refractivity contribution in [1.82, 2.24) is 14.5 Å². The van der Waals surface area contributed by atoms with Crippen molar-refractivity contribution in [3.8, 4) is 5.69 Å². The number of rotatable bonds is 2. The van der Waals surface area contributed by atoms with Crippen molar-refractivity contribution in [3.05, 3.63) is 52.5 Å². The Balaban J connectivity index is 2.31. The molecule has 0 fully saturated rings. The van der Waals surface area contributed by atoms with Gasteiger partial charge < -0.3 is 0 Å². The molecule has 0 aliphatic carbocycles. The molecule has 0 radical (unpaired) electrons. The number of halogens is 2. The summed E-state index contributed by atoms with van der Waals surface area (Å²) in [6, 6.07) is 8.15. The molecule has 0 aliphatic rings. The highest BCUT2D eigenvalue weighted by atomic mass is 79.9. The predicted molar refractivity (Wildman–Crippen MR) is 80.9 cm³/mol. The number of alkyl halides is 1. The van der Waals surface area contributed by atoms with Crippen LogP contribution in [0.4, 0.5) is 0 Å². The molecule has 1 aromatic carbocycles. The molecule has 0 amide bonds. The number of fused-ring (bicyclic) bond motifs is 1. The van der Waals surface area contributed by atoms with Crippen molar-refractivity contribution in [3.63, 3.8) is 0 Å². The van der Waals surface area contributed by atoms with Crippen molar-refractivity contribution >= 4 is 38.6 Å². The molecule has 0 N–H and O–H groups in total. The molecule has 2 heterocycles. The molecular formula is C14H11BrClN3. The minimum Gasteiger partial charge on any atom is -0.295 e. The summed E-state index contributed by atoms with van der Waals surface area (Å²) in [7, 11) is 0. The number of nitrogens with zero attached hydrogens (tertiary/aromatic N) is 3. The van der Waals surface area contributed by atoms with Gasteiger partial charge in [0.25, 0.3) is 0 Å². The molecule has 2 aromatic heterocycles. The fraction of sp³-hybridized carbons (Fsp3) is 0.143. The Morgan fingerprint density at radius 3 is 2.89 bits per heavy atom. The molecule has 0 bridgehead atoms. The van der Waals surface area contributed by atoms with Crippen LogP contribution in [0, 0.1) is 6.92 Å². The first-order chi connectivity index (χ1) is 9.20. The molecule has 0 spiro atoms. The molecule has 0 aliphatic heterocycles. The fourth-order valence-corrected chi connectivity index (χ4v) is 2.55. The standard InChI is InChI=1S/C14H11BrClN3/c1-9-6-10(2-3-11(9)15)19-13-4-5-17-8-12(13)18-14(19)7-16/h2-6,8H,7H2,1H3. The van der Waals surface area contributed by atoms with E-state index in [1.165, 1.54) is 5.56 Å². The second kappa shape index (κ2) is 4.94. The lowest BCUT2D eigenvalue weighted by Gasteiger charge is -2.09. The van der Waals surface area contributed by atoms with Gasteiger partial charge in [-0.3, -0.25) is 9.55 Å². The monoisotopic (exact) mass is 335 g/mol.